The summed E-state index contributed by atoms with van der Waals surface area (Å²) in [6.45, 7) is 2.93. The second kappa shape index (κ2) is 9.89. The first-order valence-corrected chi connectivity index (χ1v) is 5.24. The van der Waals surface area contributed by atoms with Gasteiger partial charge in [-0.1, -0.05) is 0 Å². The summed E-state index contributed by atoms with van der Waals surface area (Å²) in [5.41, 5.74) is 0. The van der Waals surface area contributed by atoms with Crippen LogP contribution in [-0.2, 0) is 9.53 Å². The number of aliphatic carboxylic acids is 1. The molecule has 5 heteroatoms. The van der Waals surface area contributed by atoms with Gasteiger partial charge in [0.2, 0.25) is 0 Å². The molecule has 0 saturated carbocycles. The van der Waals surface area contributed by atoms with Gasteiger partial charge >= 0.3 is 5.97 Å². The monoisotopic (exact) mass is 219 g/mol. The van der Waals surface area contributed by atoms with Crippen LogP contribution in [0.3, 0.4) is 0 Å². The van der Waals surface area contributed by atoms with Crippen molar-refractivity contribution in [2.75, 3.05) is 40.0 Å². The third-order valence-corrected chi connectivity index (χ3v) is 2.10. The molecule has 0 spiro atoms. The molecule has 0 bridgehead atoms. The molecule has 0 aromatic heterocycles. The highest BCUT2D eigenvalue weighted by Crippen LogP contribution is 1.97. The fraction of sp³-hybridized carbons (Fsp3) is 0.900. The van der Waals surface area contributed by atoms with Crippen LogP contribution in [0.15, 0.2) is 0 Å². The van der Waals surface area contributed by atoms with Crippen molar-refractivity contribution in [2.24, 2.45) is 0 Å². The van der Waals surface area contributed by atoms with Crippen LogP contribution in [0, 0.1) is 0 Å². The number of hydrogen-bond donors (Lipinski definition) is 2. The zero-order valence-corrected chi connectivity index (χ0v) is 9.31. The maximum Gasteiger partial charge on any atom is 0.304 e. The Kier molecular flexibility index (Phi) is 9.46. The molecule has 0 saturated heterocycles. The molecule has 0 aliphatic heterocycles. The number of aliphatic hydroxyl groups is 1. The zero-order chi connectivity index (χ0) is 11.5. The molecule has 0 rings (SSSR count). The van der Waals surface area contributed by atoms with Crippen LogP contribution in [0.5, 0.6) is 0 Å². The van der Waals surface area contributed by atoms with Gasteiger partial charge in [0.1, 0.15) is 0 Å². The van der Waals surface area contributed by atoms with Crippen molar-refractivity contribution < 1.29 is 19.7 Å². The predicted molar refractivity (Wildman–Crippen MR) is 56.9 cm³/mol. The Bertz CT molecular complexity index is 164. The molecule has 2 N–H and O–H groups in total. The van der Waals surface area contributed by atoms with E-state index in [1.807, 2.05) is 4.90 Å². The third kappa shape index (κ3) is 9.65. The summed E-state index contributed by atoms with van der Waals surface area (Å²) in [6, 6.07) is 0. The van der Waals surface area contributed by atoms with E-state index in [0.29, 0.717) is 19.6 Å². The van der Waals surface area contributed by atoms with Gasteiger partial charge < -0.3 is 19.8 Å². The number of carboxylic acids is 1. The first-order valence-electron chi connectivity index (χ1n) is 5.24. The minimum Gasteiger partial charge on any atom is -0.481 e. The van der Waals surface area contributed by atoms with E-state index in [4.69, 9.17) is 14.9 Å². The lowest BCUT2D eigenvalue weighted by molar-refractivity contribution is -0.137. The number of carbonyl (C=O) groups is 1. The standard InChI is InChI=1S/C10H21NO4/c1-15-9-3-6-11(5-2-8-12)7-4-10(13)14/h12H,2-9H2,1H3,(H,13,14). The molecule has 0 fully saturated rings. The molecule has 0 atom stereocenters. The van der Waals surface area contributed by atoms with Crippen LogP contribution in [-0.4, -0.2) is 61.0 Å². The van der Waals surface area contributed by atoms with Crippen molar-refractivity contribution in [3.05, 3.63) is 0 Å². The second-order valence-electron chi connectivity index (χ2n) is 3.41. The second-order valence-corrected chi connectivity index (χ2v) is 3.41. The van der Waals surface area contributed by atoms with Gasteiger partial charge in [-0.25, -0.2) is 0 Å². The van der Waals surface area contributed by atoms with Crippen molar-refractivity contribution >= 4 is 5.97 Å². The number of ether oxygens (including phenoxy) is 1. The molecule has 5 nitrogen and oxygen atoms in total. The Morgan fingerprint density at radius 2 is 1.93 bits per heavy atom. The summed E-state index contributed by atoms with van der Waals surface area (Å²) in [7, 11) is 1.65. The highest BCUT2D eigenvalue weighted by atomic mass is 16.5. The zero-order valence-electron chi connectivity index (χ0n) is 9.31. The van der Waals surface area contributed by atoms with E-state index >= 15 is 0 Å². The maximum absolute atomic E-state index is 10.4. The smallest absolute Gasteiger partial charge is 0.304 e. The largest absolute Gasteiger partial charge is 0.481 e. The van der Waals surface area contributed by atoms with Crippen molar-refractivity contribution in [2.45, 2.75) is 19.3 Å². The number of rotatable bonds is 10. The Balaban J connectivity index is 3.67. The number of hydrogen-bond acceptors (Lipinski definition) is 4. The molecule has 0 radical (unpaired) electrons. The van der Waals surface area contributed by atoms with Crippen LogP contribution in [0.4, 0.5) is 0 Å². The van der Waals surface area contributed by atoms with Crippen LogP contribution in [0.1, 0.15) is 19.3 Å². The average molecular weight is 219 g/mol. The van der Waals surface area contributed by atoms with Gasteiger partial charge in [-0.2, -0.15) is 0 Å². The van der Waals surface area contributed by atoms with Gasteiger partial charge in [-0.3, -0.25) is 4.79 Å². The van der Waals surface area contributed by atoms with Gasteiger partial charge in [0.05, 0.1) is 6.42 Å². The minimum absolute atomic E-state index is 0.147. The van der Waals surface area contributed by atoms with E-state index in [1.54, 1.807) is 7.11 Å². The lowest BCUT2D eigenvalue weighted by Crippen LogP contribution is -2.29. The maximum atomic E-state index is 10.4. The molecule has 0 unspecified atom stereocenters. The lowest BCUT2D eigenvalue weighted by atomic mass is 10.3. The number of methoxy groups -OCH3 is 1. The first-order chi connectivity index (χ1) is 7.20. The van der Waals surface area contributed by atoms with E-state index in [2.05, 4.69) is 0 Å². The van der Waals surface area contributed by atoms with Gasteiger partial charge in [0, 0.05) is 40.0 Å². The lowest BCUT2D eigenvalue weighted by Gasteiger charge is -2.20. The summed E-state index contributed by atoms with van der Waals surface area (Å²) >= 11 is 0. The Labute approximate surface area is 90.6 Å². The quantitative estimate of drug-likeness (QED) is 0.513. The highest BCUT2D eigenvalue weighted by Gasteiger charge is 2.06. The molecule has 0 heterocycles. The molecular formula is C10H21NO4. The van der Waals surface area contributed by atoms with Crippen LogP contribution in [0.25, 0.3) is 0 Å². The van der Waals surface area contributed by atoms with Crippen molar-refractivity contribution in [3.8, 4) is 0 Å². The molecular weight excluding hydrogens is 198 g/mol. The van der Waals surface area contributed by atoms with E-state index in [9.17, 15) is 4.79 Å². The molecule has 0 aliphatic rings. The summed E-state index contributed by atoms with van der Waals surface area (Å²) < 4.78 is 4.93. The Morgan fingerprint density at radius 3 is 2.47 bits per heavy atom. The number of nitrogens with zero attached hydrogens (tertiary/aromatic N) is 1. The van der Waals surface area contributed by atoms with Crippen LogP contribution in [0.2, 0.25) is 0 Å². The molecule has 0 aromatic carbocycles. The Hall–Kier alpha value is -0.650. The summed E-state index contributed by atoms with van der Waals surface area (Å²) in [6.07, 6.45) is 1.73. The van der Waals surface area contributed by atoms with Gasteiger partial charge in [0.25, 0.3) is 0 Å². The fourth-order valence-electron chi connectivity index (χ4n) is 1.32. The van der Waals surface area contributed by atoms with E-state index in [0.717, 1.165) is 19.5 Å². The van der Waals surface area contributed by atoms with Crippen LogP contribution >= 0.6 is 0 Å². The van der Waals surface area contributed by atoms with E-state index < -0.39 is 5.97 Å². The molecule has 0 aliphatic carbocycles. The SMILES string of the molecule is COCCCN(CCCO)CCC(=O)O. The summed E-state index contributed by atoms with van der Waals surface area (Å²) in [5, 5.41) is 17.3. The van der Waals surface area contributed by atoms with Crippen LogP contribution < -0.4 is 0 Å². The van der Waals surface area contributed by atoms with Crippen molar-refractivity contribution in [1.82, 2.24) is 4.90 Å². The van der Waals surface area contributed by atoms with Gasteiger partial charge in [-0.05, 0) is 12.8 Å². The van der Waals surface area contributed by atoms with Crippen molar-refractivity contribution in [3.63, 3.8) is 0 Å². The summed E-state index contributed by atoms with van der Waals surface area (Å²) in [4.78, 5) is 12.5. The fourth-order valence-corrected chi connectivity index (χ4v) is 1.32. The van der Waals surface area contributed by atoms with Gasteiger partial charge in [-0.15, -0.1) is 0 Å². The minimum atomic E-state index is -0.782. The molecule has 0 amide bonds. The Morgan fingerprint density at radius 1 is 1.27 bits per heavy atom. The third-order valence-electron chi connectivity index (χ3n) is 2.10. The molecule has 15 heavy (non-hydrogen) atoms. The van der Waals surface area contributed by atoms with Gasteiger partial charge in [0.15, 0.2) is 0 Å². The number of carboxylic acid groups (broad SMARTS) is 1. The van der Waals surface area contributed by atoms with E-state index in [1.165, 1.54) is 0 Å². The predicted octanol–water partition coefficient (Wildman–Crippen LogP) is 0.182. The normalized spacial score (nSPS) is 10.9. The summed E-state index contributed by atoms with van der Waals surface area (Å²) in [5.74, 6) is -0.782. The topological polar surface area (TPSA) is 70.0 Å². The number of aliphatic hydroxyl groups excluding tert-OH is 1. The van der Waals surface area contributed by atoms with Crippen molar-refractivity contribution in [1.29, 1.82) is 0 Å². The molecule has 90 valence electrons. The molecule has 0 aromatic rings. The van der Waals surface area contributed by atoms with E-state index in [-0.39, 0.29) is 13.0 Å². The average Bonchev–Trinajstić information content (AvgIpc) is 2.21. The first kappa shape index (κ1) is 14.3. The highest BCUT2D eigenvalue weighted by molar-refractivity contribution is 5.66.